The van der Waals surface area contributed by atoms with E-state index in [0.717, 1.165) is 22.3 Å². The Balaban J connectivity index is 1.17. The number of azide groups is 1. The Morgan fingerprint density at radius 1 is 0.583 bits per heavy atom. The lowest BCUT2D eigenvalue weighted by Crippen LogP contribution is -2.63. The Morgan fingerprint density at radius 2 is 1.07 bits per heavy atom. The van der Waals surface area contributed by atoms with Crippen LogP contribution in [0.5, 0.6) is 0 Å². The summed E-state index contributed by atoms with van der Waals surface area (Å²) in [6.07, 6.45) is -5.25. The van der Waals surface area contributed by atoms with E-state index >= 15 is 0 Å². The van der Waals surface area contributed by atoms with Crippen LogP contribution in [-0.2, 0) is 73.8 Å². The minimum absolute atomic E-state index is 0.193. The van der Waals surface area contributed by atoms with Crippen molar-refractivity contribution in [2.24, 2.45) is 11.0 Å². The normalized spacial score (nSPS) is 28.4. The first-order valence-corrected chi connectivity index (χ1v) is 20.9. The molecule has 0 aliphatic carbocycles. The fraction of sp³-hybridized carbons (Fsp3) is 0.489. The van der Waals surface area contributed by atoms with Gasteiger partial charge in [0.05, 0.1) is 45.7 Å². The maximum atomic E-state index is 8.83. The van der Waals surface area contributed by atoms with Crippen molar-refractivity contribution in [1.29, 1.82) is 0 Å². The third kappa shape index (κ3) is 12.2. The molecule has 10 atom stereocenters. The van der Waals surface area contributed by atoms with Crippen LogP contribution in [0.25, 0.3) is 10.4 Å². The van der Waals surface area contributed by atoms with Crippen LogP contribution in [0, 0.1) is 5.92 Å². The molecule has 3 heterocycles. The number of ether oxygens (including phenoxy) is 10. The summed E-state index contributed by atoms with van der Waals surface area (Å²) in [6.45, 7) is 8.30. The minimum Gasteiger partial charge on any atom is -0.374 e. The van der Waals surface area contributed by atoms with Crippen LogP contribution in [0.3, 0.4) is 0 Å². The van der Waals surface area contributed by atoms with Crippen molar-refractivity contribution in [1.82, 2.24) is 0 Å². The lowest BCUT2D eigenvalue weighted by atomic mass is 9.89. The number of hydrogen-bond acceptors (Lipinski definition) is 11. The smallest absolute Gasteiger partial charge is 0.187 e. The largest absolute Gasteiger partial charge is 0.374 e. The molecule has 4 aromatic carbocycles. The predicted octanol–water partition coefficient (Wildman–Crippen LogP) is 8.30. The van der Waals surface area contributed by atoms with E-state index in [-0.39, 0.29) is 19.1 Å². The molecule has 3 saturated heterocycles. The molecule has 4 aromatic rings. The number of hydrogen-bond donors (Lipinski definition) is 0. The Morgan fingerprint density at radius 3 is 1.62 bits per heavy atom. The van der Waals surface area contributed by atoms with Crippen molar-refractivity contribution in [3.63, 3.8) is 0 Å². The van der Waals surface area contributed by atoms with E-state index in [1.807, 2.05) is 135 Å². The van der Waals surface area contributed by atoms with Crippen LogP contribution in [-0.4, -0.2) is 87.5 Å². The second-order valence-electron chi connectivity index (χ2n) is 15.8. The molecule has 0 aromatic heterocycles. The average molecular weight is 824 g/mol. The van der Waals surface area contributed by atoms with Gasteiger partial charge in [0.1, 0.15) is 36.6 Å². The van der Waals surface area contributed by atoms with Crippen molar-refractivity contribution in [2.45, 2.75) is 115 Å². The lowest BCUT2D eigenvalue weighted by molar-refractivity contribution is -0.355. The van der Waals surface area contributed by atoms with Gasteiger partial charge in [0.2, 0.25) is 0 Å². The molecule has 13 nitrogen and oxygen atoms in total. The summed E-state index contributed by atoms with van der Waals surface area (Å²) in [5.74, 6) is -1.20. The van der Waals surface area contributed by atoms with Gasteiger partial charge in [-0.3, -0.25) is 0 Å². The molecule has 0 N–H and O–H groups in total. The van der Waals surface area contributed by atoms with Crippen LogP contribution in [0.1, 0.15) is 49.4 Å². The molecule has 3 fully saturated rings. The van der Waals surface area contributed by atoms with Crippen molar-refractivity contribution < 1.29 is 47.4 Å². The SMILES string of the molecule is C[C@@H]1C(OCc2ccccc2)[C@H](OCCCN=[N+]=[N-])OC(COCc2ccccc2)[C@H]1O[C@@H]1OC(COCc2ccccc2)[C@@H]2OC(C)(C)O[C@@H]2C1OCc1ccccc1. The van der Waals surface area contributed by atoms with Gasteiger partial charge in [-0.1, -0.05) is 133 Å². The van der Waals surface area contributed by atoms with Crippen molar-refractivity contribution in [3.8, 4) is 0 Å². The molecule has 13 heteroatoms. The Kier molecular flexibility index (Phi) is 16.1. The van der Waals surface area contributed by atoms with E-state index in [0.29, 0.717) is 46.0 Å². The summed E-state index contributed by atoms with van der Waals surface area (Å²) < 4.78 is 66.5. The van der Waals surface area contributed by atoms with Crippen LogP contribution in [0.2, 0.25) is 0 Å². The van der Waals surface area contributed by atoms with E-state index in [1.165, 1.54) is 0 Å². The Hall–Kier alpha value is -4.21. The summed E-state index contributed by atoms with van der Waals surface area (Å²) in [5, 5.41) is 3.67. The van der Waals surface area contributed by atoms with Crippen LogP contribution >= 0.6 is 0 Å². The van der Waals surface area contributed by atoms with Gasteiger partial charge >= 0.3 is 0 Å². The molecule has 3 aliphatic heterocycles. The number of rotatable bonds is 21. The molecule has 0 saturated carbocycles. The molecule has 7 rings (SSSR count). The molecular formula is C47H57N3O10. The third-order valence-electron chi connectivity index (χ3n) is 10.8. The quantitative estimate of drug-likeness (QED) is 0.0349. The van der Waals surface area contributed by atoms with Gasteiger partial charge < -0.3 is 47.4 Å². The molecule has 0 amide bonds. The van der Waals surface area contributed by atoms with Gasteiger partial charge in [-0.15, -0.1) is 0 Å². The van der Waals surface area contributed by atoms with E-state index < -0.39 is 61.1 Å². The maximum absolute atomic E-state index is 8.83. The summed E-state index contributed by atoms with van der Waals surface area (Å²) >= 11 is 0. The topological polar surface area (TPSA) is 141 Å². The second-order valence-corrected chi connectivity index (χ2v) is 15.8. The zero-order valence-corrected chi connectivity index (χ0v) is 34.6. The molecule has 320 valence electrons. The first-order chi connectivity index (χ1) is 29.4. The maximum Gasteiger partial charge on any atom is 0.187 e. The fourth-order valence-electron chi connectivity index (χ4n) is 7.87. The highest BCUT2D eigenvalue weighted by atomic mass is 16.8. The molecule has 4 unspecified atom stereocenters. The molecule has 60 heavy (non-hydrogen) atoms. The lowest BCUT2D eigenvalue weighted by Gasteiger charge is -2.48. The Labute approximate surface area is 352 Å². The van der Waals surface area contributed by atoms with Gasteiger partial charge in [0, 0.05) is 24.0 Å². The van der Waals surface area contributed by atoms with E-state index in [4.69, 9.17) is 52.9 Å². The molecule has 0 spiro atoms. The van der Waals surface area contributed by atoms with Gasteiger partial charge in [0.15, 0.2) is 18.4 Å². The van der Waals surface area contributed by atoms with Gasteiger partial charge in [-0.25, -0.2) is 0 Å². The summed E-state index contributed by atoms with van der Waals surface area (Å²) in [5.41, 5.74) is 12.9. The highest BCUT2D eigenvalue weighted by molar-refractivity contribution is 5.16. The average Bonchev–Trinajstić information content (AvgIpc) is 3.60. The summed E-state index contributed by atoms with van der Waals surface area (Å²) in [4.78, 5) is 2.88. The third-order valence-corrected chi connectivity index (χ3v) is 10.8. The summed E-state index contributed by atoms with van der Waals surface area (Å²) in [7, 11) is 0. The van der Waals surface area contributed by atoms with E-state index in [2.05, 4.69) is 16.9 Å². The van der Waals surface area contributed by atoms with E-state index in [1.54, 1.807) is 0 Å². The zero-order chi connectivity index (χ0) is 41.6. The Bertz CT molecular complexity index is 1890. The first kappa shape index (κ1) is 43.9. The zero-order valence-electron chi connectivity index (χ0n) is 34.6. The highest BCUT2D eigenvalue weighted by Crippen LogP contribution is 2.42. The van der Waals surface area contributed by atoms with Crippen molar-refractivity contribution in [3.05, 3.63) is 154 Å². The number of benzene rings is 4. The number of fused-ring (bicyclic) bond motifs is 1. The molecule has 0 bridgehead atoms. The van der Waals surface area contributed by atoms with Crippen LogP contribution < -0.4 is 0 Å². The predicted molar refractivity (Wildman–Crippen MR) is 222 cm³/mol. The van der Waals surface area contributed by atoms with Crippen LogP contribution in [0.4, 0.5) is 0 Å². The first-order valence-electron chi connectivity index (χ1n) is 20.9. The van der Waals surface area contributed by atoms with Crippen molar-refractivity contribution in [2.75, 3.05) is 26.4 Å². The monoisotopic (exact) mass is 823 g/mol. The van der Waals surface area contributed by atoms with Crippen LogP contribution in [0.15, 0.2) is 126 Å². The number of nitrogens with zero attached hydrogens (tertiary/aromatic N) is 3. The molecule has 3 aliphatic rings. The standard InChI is InChI=1S/C47H57N3O10/c1-33-40(38(31-51-27-34-17-8-4-9-18-34)56-45(53-26-16-25-49-50-48)41(33)54-29-36-21-12-6-13-22-36)58-46-44(55-30-37-23-14-7-15-24-37)43-42(59-47(2,3)60-43)39(57-46)32-52-28-35-19-10-5-11-20-35/h4-15,17-24,33,38-46H,16,25-32H2,1-3H3/t33-,38?,39?,40-,41?,42-,43-,44?,45+,46-/m0/s1. The summed E-state index contributed by atoms with van der Waals surface area (Å²) in [6, 6.07) is 40.0. The van der Waals surface area contributed by atoms with Gasteiger partial charge in [0.25, 0.3) is 0 Å². The van der Waals surface area contributed by atoms with E-state index in [9.17, 15) is 0 Å². The fourth-order valence-corrected chi connectivity index (χ4v) is 7.87. The van der Waals surface area contributed by atoms with Gasteiger partial charge in [-0.2, -0.15) is 0 Å². The minimum atomic E-state index is -0.929. The molecular weight excluding hydrogens is 767 g/mol. The second kappa shape index (κ2) is 22.1. The van der Waals surface area contributed by atoms with Crippen molar-refractivity contribution >= 4 is 0 Å². The molecule has 0 radical (unpaired) electrons. The van der Waals surface area contributed by atoms with Gasteiger partial charge in [-0.05, 0) is 48.1 Å². The highest BCUT2D eigenvalue weighted by Gasteiger charge is 2.58.